The molecule has 0 unspecified atom stereocenters. The van der Waals surface area contributed by atoms with Gasteiger partial charge in [-0.25, -0.2) is 4.98 Å². The fraction of sp³-hybridized carbons (Fsp3) is 0.400. The lowest BCUT2D eigenvalue weighted by molar-refractivity contribution is -0.132. The number of fused-ring (bicyclic) bond motifs is 1. The molecule has 0 aliphatic carbocycles. The Hall–Kier alpha value is -2.18. The zero-order chi connectivity index (χ0) is 17.9. The van der Waals surface area contributed by atoms with E-state index in [0.29, 0.717) is 19.5 Å². The number of hydrogen-bond donors (Lipinski definition) is 0. The Kier molecular flexibility index (Phi) is 5.04. The van der Waals surface area contributed by atoms with Crippen molar-refractivity contribution in [2.75, 3.05) is 13.2 Å². The number of ether oxygens (including phenoxy) is 1. The van der Waals surface area contributed by atoms with Gasteiger partial charge in [-0.3, -0.25) is 4.79 Å². The number of pyridine rings is 1. The maximum absolute atomic E-state index is 13.1. The number of carbonyl (C=O) groups is 1. The molecule has 6 heteroatoms. The minimum Gasteiger partial charge on any atom is -0.376 e. The van der Waals surface area contributed by atoms with Gasteiger partial charge in [0.05, 0.1) is 18.2 Å². The van der Waals surface area contributed by atoms with Crippen LogP contribution in [-0.2, 0) is 22.5 Å². The fourth-order valence-corrected chi connectivity index (χ4v) is 4.15. The van der Waals surface area contributed by atoms with E-state index in [9.17, 15) is 4.79 Å². The van der Waals surface area contributed by atoms with Crippen molar-refractivity contribution >= 4 is 22.9 Å². The largest absolute Gasteiger partial charge is 0.376 e. The molecule has 26 heavy (non-hydrogen) atoms. The molecule has 1 aliphatic heterocycles. The van der Waals surface area contributed by atoms with E-state index in [1.54, 1.807) is 11.3 Å². The van der Waals surface area contributed by atoms with E-state index in [-0.39, 0.29) is 12.0 Å². The van der Waals surface area contributed by atoms with Gasteiger partial charge in [-0.2, -0.15) is 11.3 Å². The third-order valence-electron chi connectivity index (χ3n) is 4.89. The Labute approximate surface area is 157 Å². The van der Waals surface area contributed by atoms with Gasteiger partial charge in [0.2, 0.25) is 5.91 Å². The van der Waals surface area contributed by atoms with Crippen LogP contribution in [0.4, 0.5) is 0 Å². The van der Waals surface area contributed by atoms with E-state index in [1.165, 1.54) is 5.56 Å². The molecule has 0 saturated carbocycles. The molecule has 1 saturated heterocycles. The molecule has 4 rings (SSSR count). The molecule has 3 aromatic heterocycles. The topological polar surface area (TPSA) is 46.8 Å². The van der Waals surface area contributed by atoms with Crippen molar-refractivity contribution in [3.63, 3.8) is 0 Å². The first-order valence-corrected chi connectivity index (χ1v) is 9.97. The van der Waals surface area contributed by atoms with E-state index in [1.807, 2.05) is 40.8 Å². The maximum atomic E-state index is 13.1. The van der Waals surface area contributed by atoms with Gasteiger partial charge in [0.1, 0.15) is 5.65 Å². The van der Waals surface area contributed by atoms with Crippen molar-refractivity contribution in [1.82, 2.24) is 14.3 Å². The highest BCUT2D eigenvalue weighted by atomic mass is 32.1. The minimum atomic E-state index is 0.120. The predicted octanol–water partition coefficient (Wildman–Crippen LogP) is 3.45. The van der Waals surface area contributed by atoms with E-state index in [0.717, 1.165) is 36.4 Å². The van der Waals surface area contributed by atoms with Gasteiger partial charge >= 0.3 is 0 Å². The van der Waals surface area contributed by atoms with Crippen molar-refractivity contribution < 1.29 is 9.53 Å². The van der Waals surface area contributed by atoms with Crippen LogP contribution in [0.25, 0.3) is 5.65 Å². The zero-order valence-electron chi connectivity index (χ0n) is 14.9. The summed E-state index contributed by atoms with van der Waals surface area (Å²) in [5.41, 5.74) is 4.13. The van der Waals surface area contributed by atoms with Crippen molar-refractivity contribution in [2.45, 2.75) is 38.8 Å². The molecule has 3 aromatic rings. The third kappa shape index (κ3) is 3.66. The summed E-state index contributed by atoms with van der Waals surface area (Å²) in [4.78, 5) is 19.5. The third-order valence-corrected chi connectivity index (χ3v) is 5.63. The molecular weight excluding hydrogens is 346 g/mol. The van der Waals surface area contributed by atoms with Crippen LogP contribution in [0.2, 0.25) is 0 Å². The van der Waals surface area contributed by atoms with E-state index in [4.69, 9.17) is 4.74 Å². The van der Waals surface area contributed by atoms with Gasteiger partial charge < -0.3 is 14.0 Å². The van der Waals surface area contributed by atoms with Gasteiger partial charge in [0.15, 0.2) is 0 Å². The first kappa shape index (κ1) is 17.2. The highest BCUT2D eigenvalue weighted by Crippen LogP contribution is 2.18. The molecule has 5 nitrogen and oxygen atoms in total. The summed E-state index contributed by atoms with van der Waals surface area (Å²) >= 11 is 1.66. The predicted molar refractivity (Wildman–Crippen MR) is 102 cm³/mol. The number of nitrogens with zero attached hydrogens (tertiary/aromatic N) is 3. The molecule has 1 fully saturated rings. The minimum absolute atomic E-state index is 0.120. The first-order valence-electron chi connectivity index (χ1n) is 9.03. The van der Waals surface area contributed by atoms with Gasteiger partial charge in [0, 0.05) is 32.1 Å². The standard InChI is InChI=1S/C20H23N3O2S/c1-15-4-2-7-23-17(11-21-20(15)23)10-19(24)22(12-16-6-9-26-14-16)13-18-5-3-8-25-18/h2,4,6-7,9,11,14,18H,3,5,8,10,12-13H2,1H3/t18-/m0/s1. The lowest BCUT2D eigenvalue weighted by atomic mass is 10.2. The number of rotatable bonds is 6. The average Bonchev–Trinajstić information content (AvgIpc) is 3.37. The lowest BCUT2D eigenvalue weighted by Gasteiger charge is -2.25. The van der Waals surface area contributed by atoms with E-state index < -0.39 is 0 Å². The SMILES string of the molecule is Cc1cccn2c(CC(=O)N(Cc3ccsc3)C[C@@H]3CCCO3)cnc12. The number of thiophene rings is 1. The second-order valence-corrected chi connectivity index (χ2v) is 7.63. The smallest absolute Gasteiger partial charge is 0.228 e. The van der Waals surface area contributed by atoms with Crippen LogP contribution in [0, 0.1) is 6.92 Å². The summed E-state index contributed by atoms with van der Waals surface area (Å²) in [7, 11) is 0. The summed E-state index contributed by atoms with van der Waals surface area (Å²) in [5, 5.41) is 4.16. The normalized spacial score (nSPS) is 17.0. The number of amides is 1. The summed E-state index contributed by atoms with van der Waals surface area (Å²) in [6.45, 7) is 4.13. The van der Waals surface area contributed by atoms with Gasteiger partial charge in [-0.15, -0.1) is 0 Å². The van der Waals surface area contributed by atoms with Gasteiger partial charge in [0.25, 0.3) is 0 Å². The Bertz CT molecular complexity index is 882. The molecule has 1 atom stereocenters. The molecule has 1 aliphatic rings. The van der Waals surface area contributed by atoms with Crippen LogP contribution < -0.4 is 0 Å². The fourth-order valence-electron chi connectivity index (χ4n) is 3.49. The Morgan fingerprint density at radius 3 is 3.15 bits per heavy atom. The summed E-state index contributed by atoms with van der Waals surface area (Å²) in [6, 6.07) is 6.11. The number of imidazole rings is 1. The van der Waals surface area contributed by atoms with Crippen molar-refractivity contribution in [3.8, 4) is 0 Å². The Balaban J connectivity index is 1.53. The Morgan fingerprint density at radius 1 is 1.46 bits per heavy atom. The number of hydrogen-bond acceptors (Lipinski definition) is 4. The quantitative estimate of drug-likeness (QED) is 0.669. The highest BCUT2D eigenvalue weighted by molar-refractivity contribution is 7.07. The van der Waals surface area contributed by atoms with Gasteiger partial charge in [-0.05, 0) is 53.8 Å². The zero-order valence-corrected chi connectivity index (χ0v) is 15.7. The van der Waals surface area contributed by atoms with Crippen LogP contribution in [0.5, 0.6) is 0 Å². The second-order valence-electron chi connectivity index (χ2n) is 6.85. The van der Waals surface area contributed by atoms with E-state index >= 15 is 0 Å². The molecule has 0 N–H and O–H groups in total. The molecule has 0 aromatic carbocycles. The summed E-state index contributed by atoms with van der Waals surface area (Å²) in [5.74, 6) is 0.120. The van der Waals surface area contributed by atoms with Crippen LogP contribution in [0.3, 0.4) is 0 Å². The molecule has 136 valence electrons. The van der Waals surface area contributed by atoms with Crippen LogP contribution in [0.1, 0.15) is 29.7 Å². The Morgan fingerprint density at radius 2 is 2.38 bits per heavy atom. The molecule has 0 bridgehead atoms. The number of aryl methyl sites for hydroxylation is 1. The maximum Gasteiger partial charge on any atom is 0.228 e. The number of aromatic nitrogens is 2. The molecule has 0 spiro atoms. The summed E-state index contributed by atoms with van der Waals surface area (Å²) < 4.78 is 7.78. The van der Waals surface area contributed by atoms with Crippen LogP contribution in [0.15, 0.2) is 41.4 Å². The second kappa shape index (κ2) is 7.60. The van der Waals surface area contributed by atoms with Gasteiger partial charge in [-0.1, -0.05) is 6.07 Å². The monoisotopic (exact) mass is 369 g/mol. The summed E-state index contributed by atoms with van der Waals surface area (Å²) in [6.07, 6.45) is 6.40. The molecule has 1 amide bonds. The molecular formula is C20H23N3O2S. The highest BCUT2D eigenvalue weighted by Gasteiger charge is 2.23. The van der Waals surface area contributed by atoms with E-state index in [2.05, 4.69) is 21.8 Å². The molecule has 0 radical (unpaired) electrons. The lowest BCUT2D eigenvalue weighted by Crippen LogP contribution is -2.37. The van der Waals surface area contributed by atoms with Crippen molar-refractivity contribution in [1.29, 1.82) is 0 Å². The number of carbonyl (C=O) groups excluding carboxylic acids is 1. The van der Waals surface area contributed by atoms with Crippen LogP contribution >= 0.6 is 11.3 Å². The average molecular weight is 369 g/mol. The van der Waals surface area contributed by atoms with Crippen molar-refractivity contribution in [3.05, 3.63) is 58.2 Å². The first-order chi connectivity index (χ1) is 12.7. The molecule has 4 heterocycles. The van der Waals surface area contributed by atoms with Crippen molar-refractivity contribution in [2.24, 2.45) is 0 Å². The van der Waals surface area contributed by atoms with Crippen LogP contribution in [-0.4, -0.2) is 39.4 Å².